The van der Waals surface area contributed by atoms with Gasteiger partial charge in [-0.1, -0.05) is 6.92 Å². The van der Waals surface area contributed by atoms with Crippen molar-refractivity contribution in [2.45, 2.75) is 32.2 Å². The Hall–Kier alpha value is -1.40. The molecule has 3 aromatic rings. The summed E-state index contributed by atoms with van der Waals surface area (Å²) in [6.07, 6.45) is 1.76. The van der Waals surface area contributed by atoms with E-state index < -0.39 is 0 Å². The van der Waals surface area contributed by atoms with Crippen molar-refractivity contribution in [3.63, 3.8) is 0 Å². The first-order chi connectivity index (χ1) is 9.74. The molecule has 0 aliphatic heterocycles. The molecule has 20 heavy (non-hydrogen) atoms. The van der Waals surface area contributed by atoms with Crippen LogP contribution in [0.4, 0.5) is 0 Å². The maximum absolute atomic E-state index is 6.04. The average molecular weight is 310 g/mol. The fourth-order valence-electron chi connectivity index (χ4n) is 2.45. The lowest BCUT2D eigenvalue weighted by Gasteiger charge is -2.06. The number of rotatable bonds is 5. The lowest BCUT2D eigenvalue weighted by molar-refractivity contribution is 0.644. The fourth-order valence-corrected chi connectivity index (χ4v) is 3.25. The third-order valence-corrected chi connectivity index (χ3v) is 4.27. The van der Waals surface area contributed by atoms with E-state index in [0.717, 1.165) is 47.8 Å². The topological polar surface area (TPSA) is 48.5 Å². The molecule has 5 nitrogen and oxygen atoms in total. The molecule has 106 valence electrons. The second kappa shape index (κ2) is 5.54. The summed E-state index contributed by atoms with van der Waals surface area (Å²) in [6.45, 7) is 2.92. The number of hydrogen-bond acceptors (Lipinski definition) is 4. The molecular weight excluding hydrogens is 294 g/mol. The van der Waals surface area contributed by atoms with Crippen LogP contribution >= 0.6 is 22.9 Å². The van der Waals surface area contributed by atoms with E-state index in [9.17, 15) is 0 Å². The van der Waals surface area contributed by atoms with Crippen LogP contribution < -0.4 is 0 Å². The highest BCUT2D eigenvalue weighted by atomic mass is 35.5. The lowest BCUT2D eigenvalue weighted by Crippen LogP contribution is -2.08. The Bertz CT molecular complexity index is 713. The van der Waals surface area contributed by atoms with E-state index in [1.807, 2.05) is 17.2 Å². The van der Waals surface area contributed by atoms with Gasteiger partial charge in [0.15, 0.2) is 5.65 Å². The van der Waals surface area contributed by atoms with E-state index in [1.165, 1.54) is 0 Å². The minimum Gasteiger partial charge on any atom is -0.311 e. The maximum Gasteiger partial charge on any atom is 0.158 e. The van der Waals surface area contributed by atoms with Crippen LogP contribution in [0, 0.1) is 0 Å². The molecule has 0 fully saturated rings. The number of alkyl halides is 1. The van der Waals surface area contributed by atoms with Crippen molar-refractivity contribution >= 4 is 34.1 Å². The molecule has 3 heterocycles. The van der Waals surface area contributed by atoms with Crippen LogP contribution in [0.25, 0.3) is 11.2 Å². The molecule has 0 saturated carbocycles. The molecule has 0 amide bonds. The molecule has 0 radical (unpaired) electrons. The van der Waals surface area contributed by atoms with Gasteiger partial charge < -0.3 is 4.57 Å². The zero-order valence-electron chi connectivity index (χ0n) is 11.5. The molecule has 3 aromatic heterocycles. The Labute approximate surface area is 126 Å². The average Bonchev–Trinajstić information content (AvgIpc) is 3.13. The number of aryl methyl sites for hydroxylation is 4. The van der Waals surface area contributed by atoms with E-state index in [0.29, 0.717) is 5.88 Å². The Balaban J connectivity index is 2.01. The zero-order chi connectivity index (χ0) is 14.1. The van der Waals surface area contributed by atoms with Crippen LogP contribution in [0.2, 0.25) is 0 Å². The molecule has 0 aliphatic carbocycles. The monoisotopic (exact) mass is 309 g/mol. The highest BCUT2D eigenvalue weighted by Crippen LogP contribution is 2.21. The molecular formula is C13H16ClN5S. The quantitative estimate of drug-likeness (QED) is 0.681. The van der Waals surface area contributed by atoms with Crippen LogP contribution in [-0.2, 0) is 32.3 Å². The van der Waals surface area contributed by atoms with E-state index in [2.05, 4.69) is 31.9 Å². The summed E-state index contributed by atoms with van der Waals surface area (Å²) in [7, 11) is 1.96. The Kier molecular flexibility index (Phi) is 3.76. The standard InChI is InChI=1S/C13H16ClN5S/c1-3-10-12-13(18(2)17-10)19(11(6-14)16-12)5-4-9-7-20-8-15-9/h7-8H,3-6H2,1-2H3. The largest absolute Gasteiger partial charge is 0.311 e. The van der Waals surface area contributed by atoms with E-state index in [-0.39, 0.29) is 0 Å². The number of fused-ring (bicyclic) bond motifs is 1. The molecule has 0 aliphatic rings. The van der Waals surface area contributed by atoms with E-state index in [1.54, 1.807) is 11.3 Å². The van der Waals surface area contributed by atoms with Gasteiger partial charge >= 0.3 is 0 Å². The Morgan fingerprint density at radius 3 is 2.90 bits per heavy atom. The summed E-state index contributed by atoms with van der Waals surface area (Å²) < 4.78 is 4.06. The van der Waals surface area contributed by atoms with Crippen LogP contribution in [0.15, 0.2) is 10.9 Å². The van der Waals surface area contributed by atoms with Crippen molar-refractivity contribution in [3.05, 3.63) is 28.1 Å². The number of hydrogen-bond donors (Lipinski definition) is 0. The summed E-state index contributed by atoms with van der Waals surface area (Å²) in [5, 5.41) is 6.60. The molecule has 3 rings (SSSR count). The van der Waals surface area contributed by atoms with Gasteiger partial charge in [0.25, 0.3) is 0 Å². The van der Waals surface area contributed by atoms with Crippen LogP contribution in [0.5, 0.6) is 0 Å². The van der Waals surface area contributed by atoms with Crippen molar-refractivity contribution in [3.8, 4) is 0 Å². The number of nitrogens with zero attached hydrogens (tertiary/aromatic N) is 5. The maximum atomic E-state index is 6.04. The SMILES string of the molecule is CCc1nn(C)c2c1nc(CCl)n2CCc1cscn1. The second-order valence-corrected chi connectivity index (χ2v) is 5.63. The van der Waals surface area contributed by atoms with Crippen LogP contribution in [0.1, 0.15) is 24.1 Å². The van der Waals surface area contributed by atoms with Gasteiger partial charge in [-0.25, -0.2) is 9.97 Å². The summed E-state index contributed by atoms with van der Waals surface area (Å²) in [5.41, 5.74) is 6.02. The number of imidazole rings is 1. The van der Waals surface area contributed by atoms with Gasteiger partial charge in [-0.3, -0.25) is 4.68 Å². The van der Waals surface area contributed by atoms with Gasteiger partial charge in [-0.05, 0) is 6.42 Å². The molecule has 0 N–H and O–H groups in total. The number of aromatic nitrogens is 5. The summed E-state index contributed by atoms with van der Waals surface area (Å²) >= 11 is 7.66. The number of thiazole rings is 1. The van der Waals surface area contributed by atoms with Crippen molar-refractivity contribution < 1.29 is 0 Å². The molecule has 0 spiro atoms. The van der Waals surface area contributed by atoms with Crippen molar-refractivity contribution in [2.75, 3.05) is 0 Å². The lowest BCUT2D eigenvalue weighted by atomic mass is 10.3. The first kappa shape index (κ1) is 13.6. The predicted octanol–water partition coefficient (Wildman–Crippen LogP) is 2.77. The Morgan fingerprint density at radius 2 is 2.25 bits per heavy atom. The molecule has 0 unspecified atom stereocenters. The minimum atomic E-state index is 0.412. The zero-order valence-corrected chi connectivity index (χ0v) is 13.1. The highest BCUT2D eigenvalue weighted by Gasteiger charge is 2.17. The van der Waals surface area contributed by atoms with Gasteiger partial charge in [0.05, 0.1) is 22.8 Å². The predicted molar refractivity (Wildman–Crippen MR) is 81.3 cm³/mol. The fraction of sp³-hybridized carbons (Fsp3) is 0.462. The third kappa shape index (κ3) is 2.23. The molecule has 7 heteroatoms. The van der Waals surface area contributed by atoms with Gasteiger partial charge in [0.2, 0.25) is 0 Å². The van der Waals surface area contributed by atoms with Crippen molar-refractivity contribution in [1.29, 1.82) is 0 Å². The third-order valence-electron chi connectivity index (χ3n) is 3.40. The summed E-state index contributed by atoms with van der Waals surface area (Å²) in [6, 6.07) is 0. The normalized spacial score (nSPS) is 11.6. The Morgan fingerprint density at radius 1 is 1.40 bits per heavy atom. The minimum absolute atomic E-state index is 0.412. The smallest absolute Gasteiger partial charge is 0.158 e. The molecule has 0 aromatic carbocycles. The van der Waals surface area contributed by atoms with Crippen molar-refractivity contribution in [2.24, 2.45) is 7.05 Å². The first-order valence-corrected chi connectivity index (χ1v) is 8.06. The van der Waals surface area contributed by atoms with Gasteiger partial charge in [-0.2, -0.15) is 5.10 Å². The summed E-state index contributed by atoms with van der Waals surface area (Å²) in [5.74, 6) is 1.31. The van der Waals surface area contributed by atoms with Gasteiger partial charge in [0, 0.05) is 25.4 Å². The molecule has 0 bridgehead atoms. The van der Waals surface area contributed by atoms with Gasteiger partial charge in [0.1, 0.15) is 11.3 Å². The first-order valence-electron chi connectivity index (χ1n) is 6.58. The highest BCUT2D eigenvalue weighted by molar-refractivity contribution is 7.07. The van der Waals surface area contributed by atoms with E-state index in [4.69, 9.17) is 11.6 Å². The summed E-state index contributed by atoms with van der Waals surface area (Å²) in [4.78, 5) is 8.98. The van der Waals surface area contributed by atoms with E-state index >= 15 is 0 Å². The molecule has 0 atom stereocenters. The van der Waals surface area contributed by atoms with Gasteiger partial charge in [-0.15, -0.1) is 22.9 Å². The number of halogens is 1. The van der Waals surface area contributed by atoms with Crippen LogP contribution in [0.3, 0.4) is 0 Å². The molecule has 0 saturated heterocycles. The van der Waals surface area contributed by atoms with Crippen LogP contribution in [-0.4, -0.2) is 24.3 Å². The second-order valence-electron chi connectivity index (χ2n) is 4.64. The van der Waals surface area contributed by atoms with Crippen molar-refractivity contribution in [1.82, 2.24) is 24.3 Å².